The molecule has 2 rings (SSSR count). The lowest BCUT2D eigenvalue weighted by Gasteiger charge is -2.25. The highest BCUT2D eigenvalue weighted by Gasteiger charge is 2.56. The summed E-state index contributed by atoms with van der Waals surface area (Å²) in [6, 6.07) is 3.02. The van der Waals surface area contributed by atoms with Gasteiger partial charge in [-0.1, -0.05) is 0 Å². The van der Waals surface area contributed by atoms with E-state index in [0.29, 0.717) is 0 Å². The third-order valence-electron chi connectivity index (χ3n) is 3.00. The molecule has 0 bridgehead atoms. The van der Waals surface area contributed by atoms with Crippen molar-refractivity contribution in [2.24, 2.45) is 0 Å². The zero-order valence-corrected chi connectivity index (χ0v) is 9.85. The number of aliphatic carboxylic acids is 1. The maximum Gasteiger partial charge on any atom is 0.504 e. The fourth-order valence-corrected chi connectivity index (χ4v) is 2.10. The van der Waals surface area contributed by atoms with E-state index < -0.39 is 35.9 Å². The number of non-ortho nitro benzene ring substituents is 1. The smallest absolute Gasteiger partial charge is 0.481 e. The summed E-state index contributed by atoms with van der Waals surface area (Å²) in [5.74, 6) is -2.46. The van der Waals surface area contributed by atoms with Gasteiger partial charge in [-0.2, -0.15) is 0 Å². The second kappa shape index (κ2) is 4.58. The number of nitrogens with zero attached hydrogens (tertiary/aromatic N) is 1. The third kappa shape index (κ3) is 2.00. The predicted octanol–water partition coefficient (Wildman–Crippen LogP) is -0.553. The number of cyclic esters (lactones) is 1. The molecule has 1 unspecified atom stereocenters. The maximum absolute atomic E-state index is 11.7. The van der Waals surface area contributed by atoms with E-state index >= 15 is 0 Å². The quantitative estimate of drug-likeness (QED) is 0.288. The van der Waals surface area contributed by atoms with Gasteiger partial charge in [-0.15, -0.1) is 0 Å². The molecule has 1 aliphatic heterocycles. The fourth-order valence-electron chi connectivity index (χ4n) is 2.10. The number of nitro benzene ring substituents is 1. The number of ether oxygens (including phenoxy) is 1. The van der Waals surface area contributed by atoms with Crippen LogP contribution in [0.1, 0.15) is 22.3 Å². The SMILES string of the molecule is O=C(O)CC1(B(O)O)OC(=O)c2cc([N+](=O)[O-])ccc21. The molecule has 1 aliphatic rings. The highest BCUT2D eigenvalue weighted by atomic mass is 16.6. The van der Waals surface area contributed by atoms with Crippen LogP contribution in [0.4, 0.5) is 5.69 Å². The predicted molar refractivity (Wildman–Crippen MR) is 62.6 cm³/mol. The van der Waals surface area contributed by atoms with Crippen LogP contribution in [0.3, 0.4) is 0 Å². The van der Waals surface area contributed by atoms with E-state index in [4.69, 9.17) is 9.84 Å². The van der Waals surface area contributed by atoms with E-state index in [2.05, 4.69) is 0 Å². The molecule has 0 saturated carbocycles. The summed E-state index contributed by atoms with van der Waals surface area (Å²) in [6.45, 7) is 0. The molecule has 0 aliphatic carbocycles. The first-order valence-corrected chi connectivity index (χ1v) is 5.38. The van der Waals surface area contributed by atoms with Gasteiger partial charge in [-0.25, -0.2) is 4.79 Å². The molecule has 0 amide bonds. The molecule has 0 fully saturated rings. The minimum absolute atomic E-state index is 0.106. The highest BCUT2D eigenvalue weighted by molar-refractivity contribution is 6.46. The average molecular weight is 281 g/mol. The number of fused-ring (bicyclic) bond motifs is 1. The van der Waals surface area contributed by atoms with Gasteiger partial charge in [0.05, 0.1) is 16.9 Å². The molecular weight excluding hydrogens is 273 g/mol. The van der Waals surface area contributed by atoms with E-state index in [0.717, 1.165) is 18.2 Å². The molecule has 0 spiro atoms. The van der Waals surface area contributed by atoms with Crippen molar-refractivity contribution in [2.45, 2.75) is 11.9 Å². The van der Waals surface area contributed by atoms with Crippen LogP contribution in [0.2, 0.25) is 0 Å². The van der Waals surface area contributed by atoms with Gasteiger partial charge in [-0.3, -0.25) is 14.9 Å². The number of carbonyl (C=O) groups excluding carboxylic acids is 1. The molecule has 20 heavy (non-hydrogen) atoms. The van der Waals surface area contributed by atoms with Crippen molar-refractivity contribution in [3.05, 3.63) is 39.4 Å². The third-order valence-corrected chi connectivity index (χ3v) is 3.00. The Labute approximate surface area is 111 Å². The van der Waals surface area contributed by atoms with Crippen molar-refractivity contribution >= 4 is 24.7 Å². The average Bonchev–Trinajstić information content (AvgIpc) is 2.62. The molecule has 10 heteroatoms. The van der Waals surface area contributed by atoms with Gasteiger partial charge < -0.3 is 19.9 Å². The van der Waals surface area contributed by atoms with Crippen molar-refractivity contribution in [2.75, 3.05) is 0 Å². The molecule has 1 heterocycles. The van der Waals surface area contributed by atoms with Crippen LogP contribution in [-0.2, 0) is 15.0 Å². The number of carboxylic acids is 1. The Bertz CT molecular complexity index is 615. The first-order valence-electron chi connectivity index (χ1n) is 5.38. The van der Waals surface area contributed by atoms with E-state index in [-0.39, 0.29) is 16.8 Å². The first-order chi connectivity index (χ1) is 9.28. The molecule has 104 valence electrons. The Balaban J connectivity index is 2.60. The number of carbonyl (C=O) groups is 2. The van der Waals surface area contributed by atoms with Crippen molar-refractivity contribution in [3.63, 3.8) is 0 Å². The monoisotopic (exact) mass is 281 g/mol. The van der Waals surface area contributed by atoms with Crippen molar-refractivity contribution in [1.82, 2.24) is 0 Å². The zero-order valence-electron chi connectivity index (χ0n) is 9.85. The second-order valence-corrected chi connectivity index (χ2v) is 4.21. The van der Waals surface area contributed by atoms with Crippen molar-refractivity contribution < 1.29 is 34.4 Å². The summed E-state index contributed by atoms with van der Waals surface area (Å²) >= 11 is 0. The highest BCUT2D eigenvalue weighted by Crippen LogP contribution is 2.41. The molecular formula is C10H8BNO8. The van der Waals surface area contributed by atoms with Crippen LogP contribution >= 0.6 is 0 Å². The molecule has 9 nitrogen and oxygen atoms in total. The van der Waals surface area contributed by atoms with E-state index in [9.17, 15) is 29.8 Å². The second-order valence-electron chi connectivity index (χ2n) is 4.21. The van der Waals surface area contributed by atoms with Crippen molar-refractivity contribution in [3.8, 4) is 0 Å². The first kappa shape index (κ1) is 14.0. The van der Waals surface area contributed by atoms with Gasteiger partial charge >= 0.3 is 19.1 Å². The van der Waals surface area contributed by atoms with Crippen LogP contribution in [0.5, 0.6) is 0 Å². The van der Waals surface area contributed by atoms with Gasteiger partial charge in [0.25, 0.3) is 5.69 Å². The Morgan fingerprint density at radius 1 is 1.45 bits per heavy atom. The number of nitro groups is 1. The minimum Gasteiger partial charge on any atom is -0.481 e. The Hall–Kier alpha value is -2.46. The normalized spacial score (nSPS) is 20.2. The Kier molecular flexibility index (Phi) is 3.20. The summed E-state index contributed by atoms with van der Waals surface area (Å²) < 4.78 is 4.78. The number of hydrogen-bond donors (Lipinski definition) is 3. The lowest BCUT2D eigenvalue weighted by atomic mass is 9.62. The number of esters is 1. The van der Waals surface area contributed by atoms with Crippen LogP contribution < -0.4 is 0 Å². The Morgan fingerprint density at radius 3 is 2.60 bits per heavy atom. The number of rotatable bonds is 4. The molecule has 1 aromatic rings. The van der Waals surface area contributed by atoms with Gasteiger partial charge in [0.2, 0.25) is 0 Å². The van der Waals surface area contributed by atoms with Gasteiger partial charge in [0, 0.05) is 17.7 Å². The van der Waals surface area contributed by atoms with Crippen LogP contribution in [0.15, 0.2) is 18.2 Å². The lowest BCUT2D eigenvalue weighted by molar-refractivity contribution is -0.384. The van der Waals surface area contributed by atoms with Crippen molar-refractivity contribution in [1.29, 1.82) is 0 Å². The van der Waals surface area contributed by atoms with Gasteiger partial charge in [0.1, 0.15) is 0 Å². The summed E-state index contributed by atoms with van der Waals surface area (Å²) in [5, 5.41) is 38.2. The molecule has 3 N–H and O–H groups in total. The fraction of sp³-hybridized carbons (Fsp3) is 0.200. The number of carboxylic acid groups (broad SMARTS) is 1. The zero-order chi connectivity index (χ0) is 15.1. The largest absolute Gasteiger partial charge is 0.504 e. The van der Waals surface area contributed by atoms with Crippen LogP contribution in [0, 0.1) is 10.1 Å². The van der Waals surface area contributed by atoms with E-state index in [1.165, 1.54) is 0 Å². The summed E-state index contributed by atoms with van der Waals surface area (Å²) in [5.41, 5.74) is -2.91. The molecule has 1 aromatic carbocycles. The van der Waals surface area contributed by atoms with Crippen LogP contribution in [-0.4, -0.2) is 39.1 Å². The molecule has 0 aromatic heterocycles. The number of hydrogen-bond acceptors (Lipinski definition) is 7. The number of benzene rings is 1. The summed E-state index contributed by atoms with van der Waals surface area (Å²) in [4.78, 5) is 32.4. The topological polar surface area (TPSA) is 147 Å². The standard InChI is InChI=1S/C10H8BNO8/c13-8(14)4-10(11(16)17)7-2-1-5(12(18)19)3-6(7)9(15)20-10/h1-3,16-17H,4H2,(H,13,14). The van der Waals surface area contributed by atoms with E-state index in [1.54, 1.807) is 0 Å². The van der Waals surface area contributed by atoms with Gasteiger partial charge in [0.15, 0.2) is 5.50 Å². The van der Waals surface area contributed by atoms with E-state index in [1.807, 2.05) is 0 Å². The maximum atomic E-state index is 11.7. The summed E-state index contributed by atoms with van der Waals surface area (Å²) in [6.07, 6.45) is -0.874. The molecule has 0 saturated heterocycles. The Morgan fingerprint density at radius 2 is 2.10 bits per heavy atom. The van der Waals surface area contributed by atoms with Crippen LogP contribution in [0.25, 0.3) is 0 Å². The minimum atomic E-state index is -2.27. The summed E-state index contributed by atoms with van der Waals surface area (Å²) in [7, 11) is -2.27. The lowest BCUT2D eigenvalue weighted by Crippen LogP contribution is -2.45. The molecule has 0 radical (unpaired) electrons. The van der Waals surface area contributed by atoms with Gasteiger partial charge in [-0.05, 0) is 6.07 Å². The molecule has 1 atom stereocenters.